The molecule has 0 aromatic heterocycles. The SMILES string of the molecule is Fc1cc(F)cc(Oc2ccc(CCl)c(Cl)c2)c1. The summed E-state index contributed by atoms with van der Waals surface area (Å²) in [4.78, 5) is 0. The summed E-state index contributed by atoms with van der Waals surface area (Å²) >= 11 is 11.6. The summed E-state index contributed by atoms with van der Waals surface area (Å²) in [5.74, 6) is -0.656. The minimum absolute atomic E-state index is 0.0715. The smallest absolute Gasteiger partial charge is 0.133 e. The third-order valence-electron chi connectivity index (χ3n) is 2.24. The molecule has 0 radical (unpaired) electrons. The molecule has 2 aromatic carbocycles. The Kier molecular flexibility index (Phi) is 4.04. The van der Waals surface area contributed by atoms with Crippen LogP contribution in [0.5, 0.6) is 11.5 Å². The van der Waals surface area contributed by atoms with E-state index in [1.165, 1.54) is 0 Å². The summed E-state index contributed by atoms with van der Waals surface area (Å²) in [5, 5.41) is 0.444. The summed E-state index contributed by atoms with van der Waals surface area (Å²) in [5.41, 5.74) is 0.760. The van der Waals surface area contributed by atoms with Crippen molar-refractivity contribution in [2.24, 2.45) is 0 Å². The molecule has 0 heterocycles. The largest absolute Gasteiger partial charge is 0.457 e. The van der Waals surface area contributed by atoms with E-state index in [1.807, 2.05) is 0 Å². The molecule has 0 spiro atoms. The number of rotatable bonds is 3. The molecular formula is C13H8Cl2F2O. The fourth-order valence-corrected chi connectivity index (χ4v) is 1.96. The van der Waals surface area contributed by atoms with Gasteiger partial charge in [0.15, 0.2) is 0 Å². The molecule has 0 amide bonds. The van der Waals surface area contributed by atoms with Crippen molar-refractivity contribution in [1.29, 1.82) is 0 Å². The quantitative estimate of drug-likeness (QED) is 0.710. The fraction of sp³-hybridized carbons (Fsp3) is 0.0769. The van der Waals surface area contributed by atoms with Gasteiger partial charge in [0.25, 0.3) is 0 Å². The first-order valence-electron chi connectivity index (χ1n) is 5.07. The molecule has 0 atom stereocenters. The van der Waals surface area contributed by atoms with Crippen molar-refractivity contribution in [2.45, 2.75) is 5.88 Å². The van der Waals surface area contributed by atoms with Gasteiger partial charge in [0, 0.05) is 29.1 Å². The molecule has 0 bridgehead atoms. The van der Waals surface area contributed by atoms with E-state index in [-0.39, 0.29) is 11.6 Å². The first kappa shape index (κ1) is 13.1. The van der Waals surface area contributed by atoms with Crippen molar-refractivity contribution in [3.63, 3.8) is 0 Å². The second-order valence-electron chi connectivity index (χ2n) is 3.59. The van der Waals surface area contributed by atoms with Gasteiger partial charge in [-0.2, -0.15) is 0 Å². The van der Waals surface area contributed by atoms with Crippen LogP contribution in [0.2, 0.25) is 5.02 Å². The predicted molar refractivity (Wildman–Crippen MR) is 67.4 cm³/mol. The van der Waals surface area contributed by atoms with E-state index >= 15 is 0 Å². The van der Waals surface area contributed by atoms with Crippen LogP contribution >= 0.6 is 23.2 Å². The molecule has 2 aromatic rings. The van der Waals surface area contributed by atoms with Crippen LogP contribution in [-0.4, -0.2) is 0 Å². The normalized spacial score (nSPS) is 10.4. The molecule has 5 heteroatoms. The van der Waals surface area contributed by atoms with Crippen LogP contribution in [0.1, 0.15) is 5.56 Å². The Hall–Kier alpha value is -1.32. The second kappa shape index (κ2) is 5.55. The Balaban J connectivity index is 2.25. The van der Waals surface area contributed by atoms with Crippen molar-refractivity contribution in [2.75, 3.05) is 0 Å². The van der Waals surface area contributed by atoms with E-state index in [1.54, 1.807) is 18.2 Å². The summed E-state index contributed by atoms with van der Waals surface area (Å²) in [7, 11) is 0. The molecule has 0 unspecified atom stereocenters. The molecule has 0 saturated heterocycles. The van der Waals surface area contributed by atoms with E-state index in [0.717, 1.165) is 23.8 Å². The standard InChI is InChI=1S/C13H8Cl2F2O/c14-7-8-1-2-11(6-13(8)15)18-12-4-9(16)3-10(17)5-12/h1-6H,7H2. The third kappa shape index (κ3) is 3.12. The van der Waals surface area contributed by atoms with Crippen LogP contribution in [0.25, 0.3) is 0 Å². The lowest BCUT2D eigenvalue weighted by Crippen LogP contribution is -1.89. The monoisotopic (exact) mass is 288 g/mol. The summed E-state index contributed by atoms with van der Waals surface area (Å²) in [6.07, 6.45) is 0. The average Bonchev–Trinajstić information content (AvgIpc) is 2.27. The lowest BCUT2D eigenvalue weighted by atomic mass is 10.2. The van der Waals surface area contributed by atoms with Gasteiger partial charge in [-0.05, 0) is 17.7 Å². The second-order valence-corrected chi connectivity index (χ2v) is 4.27. The topological polar surface area (TPSA) is 9.23 Å². The molecule has 0 saturated carbocycles. The number of hydrogen-bond acceptors (Lipinski definition) is 1. The van der Waals surface area contributed by atoms with E-state index in [9.17, 15) is 8.78 Å². The maximum absolute atomic E-state index is 13.0. The van der Waals surface area contributed by atoms with Gasteiger partial charge in [0.2, 0.25) is 0 Å². The van der Waals surface area contributed by atoms with Gasteiger partial charge < -0.3 is 4.74 Å². The number of halogens is 4. The number of benzene rings is 2. The van der Waals surface area contributed by atoms with Crippen LogP contribution < -0.4 is 4.74 Å². The number of alkyl halides is 1. The van der Waals surface area contributed by atoms with Crippen LogP contribution in [0.15, 0.2) is 36.4 Å². The van der Waals surface area contributed by atoms with Crippen molar-refractivity contribution < 1.29 is 13.5 Å². The highest BCUT2D eigenvalue weighted by Gasteiger charge is 2.05. The van der Waals surface area contributed by atoms with Crippen molar-refractivity contribution in [3.8, 4) is 11.5 Å². The van der Waals surface area contributed by atoms with Gasteiger partial charge in [0.05, 0.1) is 0 Å². The van der Waals surface area contributed by atoms with E-state index in [0.29, 0.717) is 10.8 Å². The minimum atomic E-state index is -0.700. The lowest BCUT2D eigenvalue weighted by Gasteiger charge is -2.08. The zero-order valence-electron chi connectivity index (χ0n) is 9.09. The van der Waals surface area contributed by atoms with Crippen molar-refractivity contribution in [3.05, 3.63) is 58.6 Å². The van der Waals surface area contributed by atoms with Crippen molar-refractivity contribution in [1.82, 2.24) is 0 Å². The molecule has 94 valence electrons. The van der Waals surface area contributed by atoms with Gasteiger partial charge in [0.1, 0.15) is 23.1 Å². The molecule has 1 nitrogen and oxygen atoms in total. The van der Waals surface area contributed by atoms with Gasteiger partial charge in [-0.15, -0.1) is 11.6 Å². The molecule has 18 heavy (non-hydrogen) atoms. The Labute approximate surface area is 113 Å². The van der Waals surface area contributed by atoms with Crippen LogP contribution in [-0.2, 0) is 5.88 Å². The Morgan fingerprint density at radius 3 is 2.17 bits per heavy atom. The predicted octanol–water partition coefficient (Wildman–Crippen LogP) is 5.15. The molecule has 0 fully saturated rings. The lowest BCUT2D eigenvalue weighted by molar-refractivity contribution is 0.468. The summed E-state index contributed by atoms with van der Waals surface area (Å²) < 4.78 is 31.2. The van der Waals surface area contributed by atoms with Gasteiger partial charge >= 0.3 is 0 Å². The summed E-state index contributed by atoms with van der Waals surface area (Å²) in [6, 6.07) is 7.82. The van der Waals surface area contributed by atoms with Gasteiger partial charge in [-0.3, -0.25) is 0 Å². The highest BCUT2D eigenvalue weighted by molar-refractivity contribution is 6.32. The maximum atomic E-state index is 13.0. The zero-order valence-corrected chi connectivity index (χ0v) is 10.6. The Morgan fingerprint density at radius 2 is 1.61 bits per heavy atom. The first-order chi connectivity index (χ1) is 8.58. The van der Waals surface area contributed by atoms with Crippen LogP contribution in [0.4, 0.5) is 8.78 Å². The van der Waals surface area contributed by atoms with Gasteiger partial charge in [-0.25, -0.2) is 8.78 Å². The highest BCUT2D eigenvalue weighted by atomic mass is 35.5. The number of hydrogen-bond donors (Lipinski definition) is 0. The molecule has 0 aliphatic rings. The first-order valence-corrected chi connectivity index (χ1v) is 5.98. The van der Waals surface area contributed by atoms with Crippen LogP contribution in [0, 0.1) is 11.6 Å². The molecule has 0 N–H and O–H groups in total. The zero-order chi connectivity index (χ0) is 13.1. The Morgan fingerprint density at radius 1 is 0.944 bits per heavy atom. The molecule has 0 aliphatic heterocycles. The molecular weight excluding hydrogens is 281 g/mol. The maximum Gasteiger partial charge on any atom is 0.133 e. The van der Waals surface area contributed by atoms with E-state index in [2.05, 4.69) is 0 Å². The summed E-state index contributed by atoms with van der Waals surface area (Å²) in [6.45, 7) is 0. The third-order valence-corrected chi connectivity index (χ3v) is 2.88. The van der Waals surface area contributed by atoms with Crippen molar-refractivity contribution >= 4 is 23.2 Å². The fourth-order valence-electron chi connectivity index (χ4n) is 1.42. The van der Waals surface area contributed by atoms with E-state index < -0.39 is 11.6 Å². The van der Waals surface area contributed by atoms with E-state index in [4.69, 9.17) is 27.9 Å². The molecule has 0 aliphatic carbocycles. The molecule has 2 rings (SSSR count). The minimum Gasteiger partial charge on any atom is -0.457 e. The van der Waals surface area contributed by atoms with Gasteiger partial charge in [-0.1, -0.05) is 17.7 Å². The highest BCUT2D eigenvalue weighted by Crippen LogP contribution is 2.28. The number of ether oxygens (including phenoxy) is 1. The van der Waals surface area contributed by atoms with Crippen LogP contribution in [0.3, 0.4) is 0 Å². The Bertz CT molecular complexity index is 553. The average molecular weight is 289 g/mol.